The zero-order valence-electron chi connectivity index (χ0n) is 11.5. The Labute approximate surface area is 132 Å². The van der Waals surface area contributed by atoms with Crippen molar-refractivity contribution in [3.05, 3.63) is 57.9 Å². The lowest BCUT2D eigenvalue weighted by Crippen LogP contribution is -2.31. The highest BCUT2D eigenvalue weighted by Gasteiger charge is 2.32. The Hall–Kier alpha value is -1.98. The van der Waals surface area contributed by atoms with Crippen LogP contribution in [0.4, 0.5) is 5.69 Å². The summed E-state index contributed by atoms with van der Waals surface area (Å²) < 4.78 is 0. The number of para-hydroxylation sites is 1. The second kappa shape index (κ2) is 5.79. The summed E-state index contributed by atoms with van der Waals surface area (Å²) in [5.41, 5.74) is 3.48. The largest absolute Gasteiger partial charge is 0.327 e. The number of hydrogen-bond donors (Lipinski definition) is 1. The molecule has 3 rings (SSSR count). The first-order valence-electron chi connectivity index (χ1n) is 6.68. The summed E-state index contributed by atoms with van der Waals surface area (Å²) in [6.07, 6.45) is 2.69. The van der Waals surface area contributed by atoms with Gasteiger partial charge in [0, 0.05) is 0 Å². The second-order valence-corrected chi connectivity index (χ2v) is 5.83. The topological polar surface area (TPSA) is 32.3 Å². The van der Waals surface area contributed by atoms with Crippen LogP contribution >= 0.6 is 23.6 Å². The lowest BCUT2D eigenvalue weighted by Gasteiger charge is -2.17. The van der Waals surface area contributed by atoms with Crippen molar-refractivity contribution >= 4 is 46.3 Å². The fraction of sp³-hybridized carbons (Fsp3) is 0.125. The van der Waals surface area contributed by atoms with Crippen molar-refractivity contribution < 1.29 is 4.79 Å². The Bertz CT molecular complexity index is 720. The molecule has 0 unspecified atom stereocenters. The van der Waals surface area contributed by atoms with Gasteiger partial charge >= 0.3 is 0 Å². The molecule has 2 heterocycles. The van der Waals surface area contributed by atoms with Gasteiger partial charge in [0.2, 0.25) is 0 Å². The van der Waals surface area contributed by atoms with Crippen molar-refractivity contribution in [2.45, 2.75) is 13.3 Å². The smallest absolute Gasteiger partial charge is 0.281 e. The molecule has 1 aliphatic heterocycles. The van der Waals surface area contributed by atoms with Crippen molar-refractivity contribution in [2.24, 2.45) is 0 Å². The van der Waals surface area contributed by atoms with E-state index < -0.39 is 0 Å². The lowest BCUT2D eigenvalue weighted by atomic mass is 10.1. The number of anilines is 1. The van der Waals surface area contributed by atoms with Crippen molar-refractivity contribution in [3.8, 4) is 0 Å². The van der Waals surface area contributed by atoms with Crippen LogP contribution in [0.2, 0.25) is 0 Å². The van der Waals surface area contributed by atoms with Crippen molar-refractivity contribution in [1.29, 1.82) is 0 Å². The first-order chi connectivity index (χ1) is 10.2. The zero-order valence-corrected chi connectivity index (χ0v) is 13.1. The van der Waals surface area contributed by atoms with Gasteiger partial charge in [-0.05, 0) is 58.7 Å². The van der Waals surface area contributed by atoms with E-state index in [0.29, 0.717) is 10.8 Å². The number of thiophene rings is 1. The van der Waals surface area contributed by atoms with E-state index in [9.17, 15) is 4.79 Å². The fourth-order valence-corrected chi connectivity index (χ4v) is 3.21. The maximum absolute atomic E-state index is 12.6. The molecule has 3 nitrogen and oxygen atoms in total. The molecule has 1 aromatic carbocycles. The third-order valence-electron chi connectivity index (χ3n) is 3.35. The normalized spacial score (nSPS) is 16.6. The summed E-state index contributed by atoms with van der Waals surface area (Å²) in [6, 6.07) is 9.81. The highest BCUT2D eigenvalue weighted by atomic mass is 32.1. The van der Waals surface area contributed by atoms with Gasteiger partial charge in [0.05, 0.1) is 5.69 Å². The third kappa shape index (κ3) is 2.62. The molecule has 0 radical (unpaired) electrons. The maximum Gasteiger partial charge on any atom is 0.281 e. The predicted molar refractivity (Wildman–Crippen MR) is 91.3 cm³/mol. The molecule has 1 saturated heterocycles. The van der Waals surface area contributed by atoms with Crippen molar-refractivity contribution in [2.75, 3.05) is 4.90 Å². The van der Waals surface area contributed by atoms with Crippen LogP contribution in [0.25, 0.3) is 6.08 Å². The van der Waals surface area contributed by atoms with E-state index in [1.807, 2.05) is 47.2 Å². The molecule has 0 aliphatic carbocycles. The average molecular weight is 314 g/mol. The molecule has 1 aliphatic rings. The molecule has 1 N–H and O–H groups in total. The van der Waals surface area contributed by atoms with Crippen molar-refractivity contribution in [3.63, 3.8) is 0 Å². The Morgan fingerprint density at radius 1 is 1.33 bits per heavy atom. The third-order valence-corrected chi connectivity index (χ3v) is 4.33. The molecule has 2 aromatic rings. The molecule has 1 amide bonds. The van der Waals surface area contributed by atoms with E-state index in [1.54, 1.807) is 16.2 Å². The van der Waals surface area contributed by atoms with Gasteiger partial charge in [0.1, 0.15) is 5.70 Å². The number of nitrogens with zero attached hydrogens (tertiary/aromatic N) is 1. The second-order valence-electron chi connectivity index (χ2n) is 4.67. The number of hydrogen-bond acceptors (Lipinski definition) is 3. The molecule has 0 atom stereocenters. The Morgan fingerprint density at radius 2 is 2.14 bits per heavy atom. The molecule has 0 saturated carbocycles. The number of carbonyl (C=O) groups excluding carboxylic acids is 1. The van der Waals surface area contributed by atoms with Gasteiger partial charge in [-0.25, -0.2) is 0 Å². The van der Waals surface area contributed by atoms with E-state index in [4.69, 9.17) is 12.2 Å². The van der Waals surface area contributed by atoms with Crippen LogP contribution in [-0.2, 0) is 11.2 Å². The van der Waals surface area contributed by atoms with Gasteiger partial charge in [-0.15, -0.1) is 0 Å². The summed E-state index contributed by atoms with van der Waals surface area (Å²) in [6.45, 7) is 2.07. The number of carbonyl (C=O) groups is 1. The van der Waals surface area contributed by atoms with Crippen LogP contribution < -0.4 is 10.2 Å². The highest BCUT2D eigenvalue weighted by molar-refractivity contribution is 7.80. The van der Waals surface area contributed by atoms with E-state index in [-0.39, 0.29) is 5.91 Å². The summed E-state index contributed by atoms with van der Waals surface area (Å²) in [4.78, 5) is 14.2. The number of amides is 1. The number of rotatable bonds is 3. The molecule has 0 bridgehead atoms. The van der Waals surface area contributed by atoms with Gasteiger partial charge in [-0.3, -0.25) is 9.69 Å². The van der Waals surface area contributed by atoms with Crippen LogP contribution in [0.1, 0.15) is 18.1 Å². The van der Waals surface area contributed by atoms with Crippen LogP contribution in [0.3, 0.4) is 0 Å². The standard InChI is InChI=1S/C16H14N2OS2/c1-2-12-5-3-4-6-14(12)18-15(19)13(17-16(18)20)9-11-7-8-21-10-11/h3-10H,2H2,1H3,(H,17,20)/b13-9+. The van der Waals surface area contributed by atoms with Crippen LogP contribution in [-0.4, -0.2) is 11.0 Å². The number of nitrogens with one attached hydrogen (secondary N) is 1. The minimum absolute atomic E-state index is 0.105. The first kappa shape index (κ1) is 14.0. The van der Waals surface area contributed by atoms with Gasteiger partial charge in [-0.1, -0.05) is 25.1 Å². The lowest BCUT2D eigenvalue weighted by molar-refractivity contribution is -0.113. The van der Waals surface area contributed by atoms with E-state index >= 15 is 0 Å². The van der Waals surface area contributed by atoms with Crippen LogP contribution in [0.15, 0.2) is 46.8 Å². The minimum Gasteiger partial charge on any atom is -0.327 e. The van der Waals surface area contributed by atoms with Gasteiger partial charge in [0.25, 0.3) is 5.91 Å². The predicted octanol–water partition coefficient (Wildman–Crippen LogP) is 3.57. The zero-order chi connectivity index (χ0) is 14.8. The van der Waals surface area contributed by atoms with Crippen LogP contribution in [0.5, 0.6) is 0 Å². The number of thiocarbonyl (C=S) groups is 1. The van der Waals surface area contributed by atoms with Gasteiger partial charge < -0.3 is 5.32 Å². The van der Waals surface area contributed by atoms with E-state index in [0.717, 1.165) is 23.2 Å². The summed E-state index contributed by atoms with van der Waals surface area (Å²) in [5.74, 6) is -0.105. The SMILES string of the molecule is CCc1ccccc1N1C(=O)/C(=C\c2ccsc2)NC1=S. The quantitative estimate of drug-likeness (QED) is 0.694. The monoisotopic (exact) mass is 314 g/mol. The number of benzene rings is 1. The molecular weight excluding hydrogens is 300 g/mol. The van der Waals surface area contributed by atoms with E-state index in [2.05, 4.69) is 12.2 Å². The summed E-state index contributed by atoms with van der Waals surface area (Å²) in [7, 11) is 0. The Morgan fingerprint density at radius 3 is 2.86 bits per heavy atom. The minimum atomic E-state index is -0.105. The molecule has 1 aromatic heterocycles. The molecule has 1 fully saturated rings. The van der Waals surface area contributed by atoms with Gasteiger partial charge in [-0.2, -0.15) is 11.3 Å². The van der Waals surface area contributed by atoms with Crippen LogP contribution in [0, 0.1) is 0 Å². The van der Waals surface area contributed by atoms with Crippen molar-refractivity contribution in [1.82, 2.24) is 5.32 Å². The molecule has 106 valence electrons. The Kier molecular flexibility index (Phi) is 3.86. The fourth-order valence-electron chi connectivity index (χ4n) is 2.31. The highest BCUT2D eigenvalue weighted by Crippen LogP contribution is 2.26. The van der Waals surface area contributed by atoms with E-state index in [1.165, 1.54) is 0 Å². The molecule has 5 heteroatoms. The first-order valence-corrected chi connectivity index (χ1v) is 8.03. The summed E-state index contributed by atoms with van der Waals surface area (Å²) >= 11 is 6.93. The maximum atomic E-state index is 12.6. The Balaban J connectivity index is 1.98. The molecule has 21 heavy (non-hydrogen) atoms. The average Bonchev–Trinajstić information content (AvgIpc) is 3.09. The molecule has 0 spiro atoms. The molecular formula is C16H14N2OS2. The van der Waals surface area contributed by atoms with Gasteiger partial charge in [0.15, 0.2) is 5.11 Å². The number of aryl methyl sites for hydroxylation is 1. The summed E-state index contributed by atoms with van der Waals surface area (Å²) in [5, 5.41) is 7.42.